The molecule has 1 N–H and O–H groups in total. The second-order valence-electron chi connectivity index (χ2n) is 6.07. The van der Waals surface area contributed by atoms with Gasteiger partial charge in [-0.1, -0.05) is 45.4 Å². The van der Waals surface area contributed by atoms with Crippen LogP contribution in [0.3, 0.4) is 0 Å². The van der Waals surface area contributed by atoms with E-state index in [2.05, 4.69) is 26.1 Å². The fourth-order valence-corrected chi connectivity index (χ4v) is 3.72. The van der Waals surface area contributed by atoms with Crippen LogP contribution in [0.4, 0.5) is 0 Å². The summed E-state index contributed by atoms with van der Waals surface area (Å²) in [4.78, 5) is 0.408. The molecule has 1 aromatic rings. The van der Waals surface area contributed by atoms with Gasteiger partial charge >= 0.3 is 0 Å². The molecule has 0 amide bonds. The van der Waals surface area contributed by atoms with Crippen molar-refractivity contribution in [1.82, 2.24) is 5.32 Å². The monoisotopic (exact) mass is 283 g/mol. The third-order valence-corrected chi connectivity index (χ3v) is 5.02. The Morgan fingerprint density at radius 2 is 1.68 bits per heavy atom. The fraction of sp³-hybridized carbons (Fsp3) is 0.600. The first kappa shape index (κ1) is 16.2. The van der Waals surface area contributed by atoms with Gasteiger partial charge in [0.1, 0.15) is 0 Å². The van der Waals surface area contributed by atoms with Gasteiger partial charge in [0.15, 0.2) is 9.84 Å². The van der Waals surface area contributed by atoms with Crippen molar-refractivity contribution in [3.05, 3.63) is 29.8 Å². The van der Waals surface area contributed by atoms with Gasteiger partial charge in [0, 0.05) is 6.04 Å². The standard InChI is InChI=1S/C15H25NO2S/c1-6-16-14(15(3,4)5)11-19(17,18)13-9-7-12(2)8-10-13/h7-10,14,16H,6,11H2,1-5H3. The van der Waals surface area contributed by atoms with Gasteiger partial charge in [-0.25, -0.2) is 8.42 Å². The van der Waals surface area contributed by atoms with Crippen molar-refractivity contribution in [1.29, 1.82) is 0 Å². The van der Waals surface area contributed by atoms with E-state index in [0.717, 1.165) is 12.1 Å². The van der Waals surface area contributed by atoms with Crippen LogP contribution in [-0.2, 0) is 9.84 Å². The van der Waals surface area contributed by atoms with Gasteiger partial charge in [0.05, 0.1) is 10.6 Å². The number of nitrogens with one attached hydrogen (secondary N) is 1. The zero-order valence-corrected chi connectivity index (χ0v) is 13.3. The minimum Gasteiger partial charge on any atom is -0.313 e. The Balaban J connectivity index is 2.97. The first-order chi connectivity index (χ1) is 8.66. The highest BCUT2D eigenvalue weighted by Crippen LogP contribution is 2.23. The van der Waals surface area contributed by atoms with Crippen molar-refractivity contribution in [2.45, 2.75) is 45.6 Å². The summed E-state index contributed by atoms with van der Waals surface area (Å²) in [5, 5.41) is 3.28. The molecule has 1 rings (SSSR count). The van der Waals surface area contributed by atoms with Crippen molar-refractivity contribution < 1.29 is 8.42 Å². The lowest BCUT2D eigenvalue weighted by Crippen LogP contribution is -2.45. The molecule has 0 fully saturated rings. The van der Waals surface area contributed by atoms with Gasteiger partial charge in [-0.3, -0.25) is 0 Å². The molecule has 4 heteroatoms. The number of hydrogen-bond acceptors (Lipinski definition) is 3. The zero-order chi connectivity index (χ0) is 14.7. The maximum absolute atomic E-state index is 12.4. The predicted octanol–water partition coefficient (Wildman–Crippen LogP) is 2.79. The predicted molar refractivity (Wildman–Crippen MR) is 80.2 cm³/mol. The lowest BCUT2D eigenvalue weighted by atomic mass is 9.88. The van der Waals surface area contributed by atoms with Crippen molar-refractivity contribution >= 4 is 9.84 Å². The van der Waals surface area contributed by atoms with Crippen LogP contribution in [0.25, 0.3) is 0 Å². The summed E-state index contributed by atoms with van der Waals surface area (Å²) in [6.07, 6.45) is 0. The molecule has 0 aliphatic heterocycles. The maximum Gasteiger partial charge on any atom is 0.179 e. The summed E-state index contributed by atoms with van der Waals surface area (Å²) < 4.78 is 24.9. The lowest BCUT2D eigenvalue weighted by Gasteiger charge is -2.31. The quantitative estimate of drug-likeness (QED) is 0.904. The Labute approximate surface area is 117 Å². The summed E-state index contributed by atoms with van der Waals surface area (Å²) >= 11 is 0. The molecule has 0 spiro atoms. The van der Waals surface area contributed by atoms with E-state index in [4.69, 9.17) is 0 Å². The fourth-order valence-electron chi connectivity index (χ4n) is 1.92. The van der Waals surface area contributed by atoms with Crippen LogP contribution >= 0.6 is 0 Å². The third kappa shape index (κ3) is 4.62. The molecule has 0 aromatic heterocycles. The number of hydrogen-bond donors (Lipinski definition) is 1. The van der Waals surface area contributed by atoms with Gasteiger partial charge in [-0.2, -0.15) is 0 Å². The van der Waals surface area contributed by atoms with Gasteiger partial charge < -0.3 is 5.32 Å². The van der Waals surface area contributed by atoms with E-state index in [1.165, 1.54) is 0 Å². The van der Waals surface area contributed by atoms with E-state index in [1.54, 1.807) is 12.1 Å². The molecular weight excluding hydrogens is 258 g/mol. The Morgan fingerprint density at radius 3 is 2.11 bits per heavy atom. The molecule has 1 unspecified atom stereocenters. The molecule has 0 aliphatic carbocycles. The number of aryl methyl sites for hydroxylation is 1. The van der Waals surface area contributed by atoms with Crippen LogP contribution in [0, 0.1) is 12.3 Å². The Morgan fingerprint density at radius 1 is 1.16 bits per heavy atom. The molecule has 3 nitrogen and oxygen atoms in total. The summed E-state index contributed by atoms with van der Waals surface area (Å²) in [6, 6.07) is 7.01. The smallest absolute Gasteiger partial charge is 0.179 e. The number of benzene rings is 1. The molecule has 0 radical (unpaired) electrons. The van der Waals surface area contributed by atoms with E-state index in [9.17, 15) is 8.42 Å². The summed E-state index contributed by atoms with van der Waals surface area (Å²) in [5.41, 5.74) is 0.978. The molecular formula is C15H25NO2S. The highest BCUT2D eigenvalue weighted by atomic mass is 32.2. The minimum absolute atomic E-state index is 0.0520. The second kappa shape index (κ2) is 6.06. The average Bonchev–Trinajstić information content (AvgIpc) is 2.27. The largest absolute Gasteiger partial charge is 0.313 e. The normalized spacial score (nSPS) is 14.4. The molecule has 108 valence electrons. The SMILES string of the molecule is CCNC(CS(=O)(=O)c1ccc(C)cc1)C(C)(C)C. The van der Waals surface area contributed by atoms with Crippen LogP contribution in [0.15, 0.2) is 29.2 Å². The molecule has 0 saturated heterocycles. The maximum atomic E-state index is 12.4. The summed E-state index contributed by atoms with van der Waals surface area (Å²) in [5.74, 6) is 0.132. The number of rotatable bonds is 5. The number of sulfone groups is 1. The van der Waals surface area contributed by atoms with Crippen molar-refractivity contribution in [2.75, 3.05) is 12.3 Å². The van der Waals surface area contributed by atoms with Gasteiger partial charge in [0.2, 0.25) is 0 Å². The van der Waals surface area contributed by atoms with Crippen LogP contribution in [0.5, 0.6) is 0 Å². The van der Waals surface area contributed by atoms with Gasteiger partial charge in [-0.05, 0) is 31.0 Å². The third-order valence-electron chi connectivity index (χ3n) is 3.26. The lowest BCUT2D eigenvalue weighted by molar-refractivity contribution is 0.292. The summed E-state index contributed by atoms with van der Waals surface area (Å²) in [6.45, 7) is 10.9. The molecule has 0 aliphatic rings. The minimum atomic E-state index is -3.24. The van der Waals surface area contributed by atoms with E-state index in [-0.39, 0.29) is 17.2 Å². The Kier molecular flexibility index (Phi) is 5.16. The molecule has 0 saturated carbocycles. The van der Waals surface area contributed by atoms with E-state index >= 15 is 0 Å². The van der Waals surface area contributed by atoms with E-state index in [1.807, 2.05) is 26.0 Å². The van der Waals surface area contributed by atoms with Crippen LogP contribution in [0.1, 0.15) is 33.3 Å². The zero-order valence-electron chi connectivity index (χ0n) is 12.5. The van der Waals surface area contributed by atoms with Crippen molar-refractivity contribution in [2.24, 2.45) is 5.41 Å². The van der Waals surface area contributed by atoms with E-state index < -0.39 is 9.84 Å². The van der Waals surface area contributed by atoms with Gasteiger partial charge in [0.25, 0.3) is 0 Å². The summed E-state index contributed by atoms with van der Waals surface area (Å²) in [7, 11) is -3.24. The van der Waals surface area contributed by atoms with Crippen molar-refractivity contribution in [3.8, 4) is 0 Å². The highest BCUT2D eigenvalue weighted by molar-refractivity contribution is 7.91. The van der Waals surface area contributed by atoms with Crippen LogP contribution in [0.2, 0.25) is 0 Å². The molecule has 19 heavy (non-hydrogen) atoms. The molecule has 0 heterocycles. The first-order valence-electron chi connectivity index (χ1n) is 6.69. The molecule has 1 aromatic carbocycles. The average molecular weight is 283 g/mol. The second-order valence-corrected chi connectivity index (χ2v) is 8.10. The highest BCUT2D eigenvalue weighted by Gasteiger charge is 2.29. The Hall–Kier alpha value is -0.870. The van der Waals surface area contributed by atoms with Crippen LogP contribution < -0.4 is 5.32 Å². The van der Waals surface area contributed by atoms with Crippen molar-refractivity contribution in [3.63, 3.8) is 0 Å². The first-order valence-corrected chi connectivity index (χ1v) is 8.35. The van der Waals surface area contributed by atoms with Crippen LogP contribution in [-0.4, -0.2) is 26.8 Å². The van der Waals surface area contributed by atoms with Gasteiger partial charge in [-0.15, -0.1) is 0 Å². The molecule has 0 bridgehead atoms. The molecule has 1 atom stereocenters. The topological polar surface area (TPSA) is 46.2 Å². The van der Waals surface area contributed by atoms with E-state index in [0.29, 0.717) is 4.90 Å². The Bertz CT molecular complexity index is 498.